The zero-order valence-corrected chi connectivity index (χ0v) is 23.9. The Balaban J connectivity index is 1.24. The zero-order valence-electron chi connectivity index (χ0n) is 23.9. The molecule has 9 atom stereocenters. The molecule has 3 heteroatoms. The third-order valence-electron chi connectivity index (χ3n) is 12.2. The van der Waals surface area contributed by atoms with E-state index in [1.807, 2.05) is 18.2 Å². The van der Waals surface area contributed by atoms with Crippen molar-refractivity contribution in [3.63, 3.8) is 0 Å². The van der Waals surface area contributed by atoms with Crippen LogP contribution in [0, 0.1) is 52.3 Å². The molecule has 4 aliphatic carbocycles. The second-order valence-electron chi connectivity index (χ2n) is 14.5. The Morgan fingerprint density at radius 1 is 0.889 bits per heavy atom. The number of fused-ring (bicyclic) bond motifs is 5. The molecule has 4 saturated carbocycles. The molecule has 0 heterocycles. The first-order chi connectivity index (χ1) is 17.1. The van der Waals surface area contributed by atoms with Gasteiger partial charge in [0, 0.05) is 0 Å². The van der Waals surface area contributed by atoms with E-state index in [0.29, 0.717) is 22.2 Å². The van der Waals surface area contributed by atoms with Gasteiger partial charge in [-0.25, -0.2) is 0 Å². The first kappa shape index (κ1) is 26.2. The summed E-state index contributed by atoms with van der Waals surface area (Å²) in [4.78, 5) is 0. The second kappa shape index (κ2) is 10.1. The Morgan fingerprint density at radius 2 is 1.64 bits per heavy atom. The van der Waals surface area contributed by atoms with Gasteiger partial charge in [0.05, 0.1) is 17.5 Å². The molecule has 0 saturated heterocycles. The van der Waals surface area contributed by atoms with Crippen molar-refractivity contribution in [3.05, 3.63) is 18.2 Å². The Bertz CT molecular complexity index is 913. The van der Waals surface area contributed by atoms with Crippen LogP contribution in [0.25, 0.3) is 0 Å². The van der Waals surface area contributed by atoms with E-state index in [1.54, 1.807) is 0 Å². The summed E-state index contributed by atoms with van der Waals surface area (Å²) in [5, 5.41) is 0. The van der Waals surface area contributed by atoms with Crippen molar-refractivity contribution in [1.29, 1.82) is 0 Å². The number of ether oxygens (including phenoxy) is 1. The molecule has 1 aromatic carbocycles. The Hall–Kier alpha value is -1.38. The zero-order chi connectivity index (χ0) is 25.7. The fourth-order valence-corrected chi connectivity index (χ4v) is 10.2. The van der Waals surface area contributed by atoms with Crippen molar-refractivity contribution < 1.29 is 4.74 Å². The standard InChI is InChI=1S/C33H54N2O/c1-21(2)8-6-9-22(3)26-14-15-27-25-13-12-23-20-24(36-30-11-7-10-29(34)31(30)35)16-18-32(23,4)28(25)17-19-33(26,27)5/h7,10-11,21-28H,6,8-9,12-20,34-35H2,1-5H3/t22-,23?,24?,25?,26-,27?,28?,32+,33-/m1/s1. The van der Waals surface area contributed by atoms with Crippen LogP contribution in [0.1, 0.15) is 112 Å². The number of hydrogen-bond acceptors (Lipinski definition) is 3. The Morgan fingerprint density at radius 3 is 2.42 bits per heavy atom. The average molecular weight is 495 g/mol. The first-order valence-corrected chi connectivity index (χ1v) is 15.4. The molecule has 0 amide bonds. The molecule has 5 rings (SSSR count). The van der Waals surface area contributed by atoms with Crippen LogP contribution in [-0.2, 0) is 0 Å². The summed E-state index contributed by atoms with van der Waals surface area (Å²) in [7, 11) is 0. The van der Waals surface area contributed by atoms with Crippen molar-refractivity contribution >= 4 is 11.4 Å². The molecule has 202 valence electrons. The highest BCUT2D eigenvalue weighted by Gasteiger charge is 2.60. The molecule has 0 spiro atoms. The first-order valence-electron chi connectivity index (χ1n) is 15.4. The minimum Gasteiger partial charge on any atom is -0.488 e. The lowest BCUT2D eigenvalue weighted by Gasteiger charge is -2.61. The Kier molecular flexibility index (Phi) is 7.33. The largest absolute Gasteiger partial charge is 0.488 e. The van der Waals surface area contributed by atoms with Crippen molar-refractivity contribution in [1.82, 2.24) is 0 Å². The van der Waals surface area contributed by atoms with Crippen molar-refractivity contribution in [2.24, 2.45) is 52.3 Å². The molecule has 0 aliphatic heterocycles. The van der Waals surface area contributed by atoms with Crippen LogP contribution in [0.15, 0.2) is 18.2 Å². The van der Waals surface area contributed by atoms with Gasteiger partial charge in [-0.15, -0.1) is 0 Å². The van der Waals surface area contributed by atoms with Crippen LogP contribution in [0.4, 0.5) is 11.4 Å². The van der Waals surface area contributed by atoms with Crippen molar-refractivity contribution in [2.75, 3.05) is 11.5 Å². The average Bonchev–Trinajstić information content (AvgIpc) is 3.19. The maximum absolute atomic E-state index is 6.46. The molecule has 4 fully saturated rings. The van der Waals surface area contributed by atoms with Gasteiger partial charge in [0.2, 0.25) is 0 Å². The number of nitrogen functional groups attached to an aromatic ring is 2. The van der Waals surface area contributed by atoms with Gasteiger partial charge < -0.3 is 16.2 Å². The lowest BCUT2D eigenvalue weighted by atomic mass is 9.44. The highest BCUT2D eigenvalue weighted by atomic mass is 16.5. The topological polar surface area (TPSA) is 61.3 Å². The molecule has 0 bridgehead atoms. The molecule has 4 N–H and O–H groups in total. The summed E-state index contributed by atoms with van der Waals surface area (Å²) in [6.45, 7) is 12.7. The number of hydrogen-bond donors (Lipinski definition) is 2. The van der Waals surface area contributed by atoms with Crippen LogP contribution >= 0.6 is 0 Å². The number of anilines is 2. The van der Waals surface area contributed by atoms with Crippen molar-refractivity contribution in [2.45, 2.75) is 118 Å². The SMILES string of the molecule is CC(C)CCC[C@@H](C)[C@H]1CCC2C3CCC4CC(Oc5cccc(N)c5N)CC[C@]4(C)C3CC[C@@]21C. The molecular weight excluding hydrogens is 440 g/mol. The fourth-order valence-electron chi connectivity index (χ4n) is 10.2. The number of para-hydroxylation sites is 1. The van der Waals surface area contributed by atoms with E-state index in [4.69, 9.17) is 16.2 Å². The van der Waals surface area contributed by atoms with Gasteiger partial charge in [0.1, 0.15) is 5.75 Å². The lowest BCUT2D eigenvalue weighted by molar-refractivity contribution is -0.126. The number of nitrogens with two attached hydrogens (primary N) is 2. The van der Waals surface area contributed by atoms with Gasteiger partial charge in [-0.1, -0.05) is 59.9 Å². The van der Waals surface area contributed by atoms with E-state index < -0.39 is 0 Å². The second-order valence-corrected chi connectivity index (χ2v) is 14.5. The van der Waals surface area contributed by atoms with Gasteiger partial charge in [-0.2, -0.15) is 0 Å². The molecular formula is C33H54N2O. The third-order valence-corrected chi connectivity index (χ3v) is 12.2. The number of rotatable bonds is 7. The summed E-state index contributed by atoms with van der Waals surface area (Å²) >= 11 is 0. The van der Waals surface area contributed by atoms with Gasteiger partial charge in [0.25, 0.3) is 0 Å². The van der Waals surface area contributed by atoms with Crippen LogP contribution in [0.2, 0.25) is 0 Å². The van der Waals surface area contributed by atoms with E-state index in [9.17, 15) is 0 Å². The van der Waals surface area contributed by atoms with Gasteiger partial charge in [-0.05, 0) is 122 Å². The molecule has 0 aromatic heterocycles. The predicted molar refractivity (Wildman–Crippen MR) is 153 cm³/mol. The van der Waals surface area contributed by atoms with Gasteiger partial charge in [-0.3, -0.25) is 0 Å². The molecule has 1 aromatic rings. The van der Waals surface area contributed by atoms with Crippen LogP contribution < -0.4 is 16.2 Å². The molecule has 36 heavy (non-hydrogen) atoms. The number of benzene rings is 1. The highest BCUT2D eigenvalue weighted by molar-refractivity contribution is 5.70. The fraction of sp³-hybridized carbons (Fsp3) is 0.818. The van der Waals surface area contributed by atoms with Crippen LogP contribution in [0.3, 0.4) is 0 Å². The summed E-state index contributed by atoms with van der Waals surface area (Å²) in [6, 6.07) is 5.80. The quantitative estimate of drug-likeness (QED) is 0.372. The lowest BCUT2D eigenvalue weighted by Crippen LogP contribution is -2.54. The highest BCUT2D eigenvalue weighted by Crippen LogP contribution is 2.68. The minimum absolute atomic E-state index is 0.278. The molecule has 5 unspecified atom stereocenters. The molecule has 3 nitrogen and oxygen atoms in total. The monoisotopic (exact) mass is 494 g/mol. The summed E-state index contributed by atoms with van der Waals surface area (Å²) in [5.41, 5.74) is 14.6. The van der Waals surface area contributed by atoms with Crippen LogP contribution in [-0.4, -0.2) is 6.10 Å². The van der Waals surface area contributed by atoms with E-state index in [2.05, 4.69) is 34.6 Å². The van der Waals surface area contributed by atoms with E-state index in [-0.39, 0.29) is 6.10 Å². The van der Waals surface area contributed by atoms with E-state index in [1.165, 1.54) is 70.6 Å². The smallest absolute Gasteiger partial charge is 0.144 e. The summed E-state index contributed by atoms with van der Waals surface area (Å²) in [5.74, 6) is 7.11. The van der Waals surface area contributed by atoms with Crippen molar-refractivity contribution in [3.8, 4) is 5.75 Å². The molecule has 4 aliphatic rings. The molecule has 0 radical (unpaired) electrons. The Labute approximate surface area is 221 Å². The maximum atomic E-state index is 6.46. The predicted octanol–water partition coefficient (Wildman–Crippen LogP) is 8.72. The van der Waals surface area contributed by atoms with E-state index >= 15 is 0 Å². The summed E-state index contributed by atoms with van der Waals surface area (Å²) < 4.78 is 6.46. The van der Waals surface area contributed by atoms with Gasteiger partial charge in [0.15, 0.2) is 0 Å². The van der Waals surface area contributed by atoms with E-state index in [0.717, 1.165) is 53.6 Å². The maximum Gasteiger partial charge on any atom is 0.144 e. The minimum atomic E-state index is 0.278. The van der Waals surface area contributed by atoms with Gasteiger partial charge >= 0.3 is 0 Å². The summed E-state index contributed by atoms with van der Waals surface area (Å²) in [6.07, 6.45) is 17.0. The third kappa shape index (κ3) is 4.55. The normalized spacial score (nSPS) is 40.8. The van der Waals surface area contributed by atoms with Crippen LogP contribution in [0.5, 0.6) is 5.75 Å².